The molecule has 1 amide bonds. The standard InChI is InChI=1S/C16H18N2O/c1-2-12-7-3-5-9-14(12)16(19)18-11-13-8-4-6-10-15(13)17/h3-10H,2,11,17H2,1H3,(H,18,19). The number of rotatable bonds is 4. The van der Waals surface area contributed by atoms with Gasteiger partial charge in [0.05, 0.1) is 0 Å². The molecular weight excluding hydrogens is 236 g/mol. The molecule has 0 unspecified atom stereocenters. The molecule has 2 aromatic carbocycles. The van der Waals surface area contributed by atoms with Gasteiger partial charge in [0, 0.05) is 17.8 Å². The molecule has 0 aromatic heterocycles. The van der Waals surface area contributed by atoms with Crippen molar-refractivity contribution >= 4 is 11.6 Å². The summed E-state index contributed by atoms with van der Waals surface area (Å²) in [5.74, 6) is -0.0549. The molecule has 0 spiro atoms. The highest BCUT2D eigenvalue weighted by atomic mass is 16.1. The first-order valence-electron chi connectivity index (χ1n) is 6.42. The normalized spacial score (nSPS) is 10.2. The summed E-state index contributed by atoms with van der Waals surface area (Å²) in [7, 11) is 0. The third-order valence-corrected chi connectivity index (χ3v) is 3.14. The van der Waals surface area contributed by atoms with Crippen LogP contribution >= 0.6 is 0 Å². The van der Waals surface area contributed by atoms with E-state index < -0.39 is 0 Å². The highest BCUT2D eigenvalue weighted by Crippen LogP contribution is 2.12. The van der Waals surface area contributed by atoms with Crippen LogP contribution in [0, 0.1) is 0 Å². The van der Waals surface area contributed by atoms with Crippen molar-refractivity contribution < 1.29 is 4.79 Å². The van der Waals surface area contributed by atoms with Crippen molar-refractivity contribution in [2.45, 2.75) is 19.9 Å². The fourth-order valence-corrected chi connectivity index (χ4v) is 2.02. The van der Waals surface area contributed by atoms with Gasteiger partial charge in [0.15, 0.2) is 0 Å². The van der Waals surface area contributed by atoms with Gasteiger partial charge in [-0.25, -0.2) is 0 Å². The molecular formula is C16H18N2O. The third-order valence-electron chi connectivity index (χ3n) is 3.14. The van der Waals surface area contributed by atoms with Gasteiger partial charge in [-0.15, -0.1) is 0 Å². The van der Waals surface area contributed by atoms with Crippen LogP contribution in [-0.2, 0) is 13.0 Å². The van der Waals surface area contributed by atoms with Crippen molar-refractivity contribution in [1.29, 1.82) is 0 Å². The van der Waals surface area contributed by atoms with Gasteiger partial charge in [-0.1, -0.05) is 43.3 Å². The summed E-state index contributed by atoms with van der Waals surface area (Å²) in [6, 6.07) is 15.2. The van der Waals surface area contributed by atoms with Crippen LogP contribution in [0.25, 0.3) is 0 Å². The Kier molecular flexibility index (Phi) is 4.18. The van der Waals surface area contributed by atoms with Crippen molar-refractivity contribution in [2.75, 3.05) is 5.73 Å². The quantitative estimate of drug-likeness (QED) is 0.824. The Morgan fingerprint density at radius 2 is 1.68 bits per heavy atom. The molecule has 0 aliphatic heterocycles. The molecule has 0 atom stereocenters. The molecule has 0 saturated carbocycles. The Morgan fingerprint density at radius 1 is 1.05 bits per heavy atom. The van der Waals surface area contributed by atoms with Crippen LogP contribution in [0.5, 0.6) is 0 Å². The van der Waals surface area contributed by atoms with Gasteiger partial charge in [-0.05, 0) is 29.7 Å². The molecule has 3 heteroatoms. The number of hydrogen-bond donors (Lipinski definition) is 2. The molecule has 2 aromatic rings. The van der Waals surface area contributed by atoms with Crippen molar-refractivity contribution in [1.82, 2.24) is 5.32 Å². The molecule has 2 rings (SSSR count). The number of nitrogen functional groups attached to an aromatic ring is 1. The summed E-state index contributed by atoms with van der Waals surface area (Å²) in [4.78, 5) is 12.2. The van der Waals surface area contributed by atoms with Crippen molar-refractivity contribution in [3.05, 3.63) is 65.2 Å². The van der Waals surface area contributed by atoms with Gasteiger partial charge in [-0.3, -0.25) is 4.79 Å². The largest absolute Gasteiger partial charge is 0.398 e. The molecule has 98 valence electrons. The smallest absolute Gasteiger partial charge is 0.251 e. The Hall–Kier alpha value is -2.29. The van der Waals surface area contributed by atoms with E-state index in [1.165, 1.54) is 0 Å². The summed E-state index contributed by atoms with van der Waals surface area (Å²) in [6.07, 6.45) is 0.844. The van der Waals surface area contributed by atoms with Gasteiger partial charge >= 0.3 is 0 Å². The van der Waals surface area contributed by atoms with Gasteiger partial charge in [0.1, 0.15) is 0 Å². The fraction of sp³-hybridized carbons (Fsp3) is 0.188. The summed E-state index contributed by atoms with van der Waals surface area (Å²) in [6.45, 7) is 2.49. The van der Waals surface area contributed by atoms with Crippen molar-refractivity contribution in [3.8, 4) is 0 Å². The van der Waals surface area contributed by atoms with Crippen LogP contribution in [0.15, 0.2) is 48.5 Å². The predicted octanol–water partition coefficient (Wildman–Crippen LogP) is 2.76. The monoisotopic (exact) mass is 254 g/mol. The maximum Gasteiger partial charge on any atom is 0.251 e. The summed E-state index contributed by atoms with van der Waals surface area (Å²) >= 11 is 0. The van der Waals surface area contributed by atoms with Gasteiger partial charge < -0.3 is 11.1 Å². The lowest BCUT2D eigenvalue weighted by Crippen LogP contribution is -2.24. The van der Waals surface area contributed by atoms with Gasteiger partial charge in [-0.2, -0.15) is 0 Å². The van der Waals surface area contributed by atoms with E-state index in [9.17, 15) is 4.79 Å². The van der Waals surface area contributed by atoms with Crippen molar-refractivity contribution in [3.63, 3.8) is 0 Å². The third kappa shape index (κ3) is 3.13. The van der Waals surface area contributed by atoms with E-state index >= 15 is 0 Å². The SMILES string of the molecule is CCc1ccccc1C(=O)NCc1ccccc1N. The van der Waals surface area contributed by atoms with E-state index in [1.54, 1.807) is 0 Å². The van der Waals surface area contributed by atoms with E-state index in [2.05, 4.69) is 5.32 Å². The highest BCUT2D eigenvalue weighted by molar-refractivity contribution is 5.95. The van der Waals surface area contributed by atoms with Crippen LogP contribution in [0.3, 0.4) is 0 Å². The second-order valence-corrected chi connectivity index (χ2v) is 4.39. The number of carbonyl (C=O) groups is 1. The fourth-order valence-electron chi connectivity index (χ4n) is 2.02. The minimum atomic E-state index is -0.0549. The molecule has 0 heterocycles. The average molecular weight is 254 g/mol. The van der Waals surface area contributed by atoms with E-state index in [4.69, 9.17) is 5.73 Å². The van der Waals surface area contributed by atoms with Crippen LogP contribution in [-0.4, -0.2) is 5.91 Å². The number of nitrogens with two attached hydrogens (primary N) is 1. The summed E-state index contributed by atoms with van der Waals surface area (Å²) in [5, 5.41) is 2.91. The molecule has 19 heavy (non-hydrogen) atoms. The molecule has 3 N–H and O–H groups in total. The number of anilines is 1. The molecule has 3 nitrogen and oxygen atoms in total. The Morgan fingerprint density at radius 3 is 2.37 bits per heavy atom. The van der Waals surface area contributed by atoms with Gasteiger partial charge in [0.25, 0.3) is 5.91 Å². The highest BCUT2D eigenvalue weighted by Gasteiger charge is 2.09. The average Bonchev–Trinajstić information content (AvgIpc) is 2.46. The maximum atomic E-state index is 12.2. The number of hydrogen-bond acceptors (Lipinski definition) is 2. The number of para-hydroxylation sites is 1. The number of benzene rings is 2. The van der Waals surface area contributed by atoms with E-state index in [0.29, 0.717) is 12.2 Å². The topological polar surface area (TPSA) is 55.1 Å². The molecule has 0 fully saturated rings. The lowest BCUT2D eigenvalue weighted by Gasteiger charge is -2.10. The summed E-state index contributed by atoms with van der Waals surface area (Å²) in [5.41, 5.74) is 9.28. The Labute approximate surface area is 113 Å². The Bertz CT molecular complexity index is 578. The number of nitrogens with one attached hydrogen (secondary N) is 1. The van der Waals surface area contributed by atoms with E-state index in [1.807, 2.05) is 55.5 Å². The zero-order valence-electron chi connectivity index (χ0n) is 11.0. The first kappa shape index (κ1) is 13.1. The first-order chi connectivity index (χ1) is 9.22. The zero-order valence-corrected chi connectivity index (χ0v) is 11.0. The van der Waals surface area contributed by atoms with Gasteiger partial charge in [0.2, 0.25) is 0 Å². The molecule has 0 aliphatic rings. The number of aryl methyl sites for hydroxylation is 1. The van der Waals surface area contributed by atoms with E-state index in [-0.39, 0.29) is 5.91 Å². The van der Waals surface area contributed by atoms with Crippen LogP contribution < -0.4 is 11.1 Å². The summed E-state index contributed by atoms with van der Waals surface area (Å²) < 4.78 is 0. The molecule has 0 bridgehead atoms. The van der Waals surface area contributed by atoms with E-state index in [0.717, 1.165) is 23.1 Å². The second kappa shape index (κ2) is 6.05. The zero-order chi connectivity index (χ0) is 13.7. The Balaban J connectivity index is 2.08. The minimum Gasteiger partial charge on any atom is -0.398 e. The molecule has 0 saturated heterocycles. The lowest BCUT2D eigenvalue weighted by atomic mass is 10.0. The van der Waals surface area contributed by atoms with Crippen LogP contribution in [0.1, 0.15) is 28.4 Å². The number of carbonyl (C=O) groups excluding carboxylic acids is 1. The second-order valence-electron chi connectivity index (χ2n) is 4.39. The number of amides is 1. The first-order valence-corrected chi connectivity index (χ1v) is 6.42. The lowest BCUT2D eigenvalue weighted by molar-refractivity contribution is 0.0950. The van der Waals surface area contributed by atoms with Crippen LogP contribution in [0.2, 0.25) is 0 Å². The predicted molar refractivity (Wildman–Crippen MR) is 77.8 cm³/mol. The van der Waals surface area contributed by atoms with Crippen LogP contribution in [0.4, 0.5) is 5.69 Å². The van der Waals surface area contributed by atoms with Crippen molar-refractivity contribution in [2.24, 2.45) is 0 Å². The minimum absolute atomic E-state index is 0.0549. The maximum absolute atomic E-state index is 12.2. The molecule has 0 aliphatic carbocycles. The molecule has 0 radical (unpaired) electrons.